The Kier molecular flexibility index (Phi) is 4.03. The highest BCUT2D eigenvalue weighted by Gasteiger charge is 2.36. The zero-order valence-electron chi connectivity index (χ0n) is 13.8. The molecule has 1 aliphatic heterocycles. The standard InChI is InChI=1S/C18H20O6/c1-10-4-15-11(5-13(10)20)18(2,3)12-6-14(21)17(7-16(12)24-15)23-9-22-8-19/h4-7,19-21H,8-9H2,1-3H3. The van der Waals surface area contributed by atoms with Gasteiger partial charge >= 0.3 is 0 Å². The van der Waals surface area contributed by atoms with E-state index in [0.717, 1.165) is 16.7 Å². The number of hydrogen-bond acceptors (Lipinski definition) is 6. The number of aryl methyl sites for hydroxylation is 1. The number of rotatable bonds is 4. The van der Waals surface area contributed by atoms with Gasteiger partial charge in [-0.25, -0.2) is 0 Å². The van der Waals surface area contributed by atoms with E-state index in [1.54, 1.807) is 31.2 Å². The number of aliphatic hydroxyl groups excluding tert-OH is 1. The molecule has 0 saturated carbocycles. The van der Waals surface area contributed by atoms with Gasteiger partial charge in [0.25, 0.3) is 0 Å². The maximum Gasteiger partial charge on any atom is 0.191 e. The number of aliphatic hydroxyl groups is 1. The molecule has 2 aromatic carbocycles. The Hall–Kier alpha value is -2.44. The maximum absolute atomic E-state index is 10.2. The normalized spacial score (nSPS) is 14.5. The summed E-state index contributed by atoms with van der Waals surface area (Å²) in [6.07, 6.45) is 0. The van der Waals surface area contributed by atoms with Gasteiger partial charge in [-0.15, -0.1) is 0 Å². The van der Waals surface area contributed by atoms with E-state index >= 15 is 0 Å². The van der Waals surface area contributed by atoms with Crippen molar-refractivity contribution in [3.8, 4) is 28.7 Å². The number of ether oxygens (including phenoxy) is 3. The molecule has 0 unspecified atom stereocenters. The monoisotopic (exact) mass is 332 g/mol. The lowest BCUT2D eigenvalue weighted by molar-refractivity contribution is -0.0659. The van der Waals surface area contributed by atoms with Crippen LogP contribution in [0.25, 0.3) is 0 Å². The molecular formula is C18H20O6. The molecule has 2 aromatic rings. The third-order valence-corrected chi connectivity index (χ3v) is 4.31. The first-order chi connectivity index (χ1) is 11.3. The van der Waals surface area contributed by atoms with E-state index in [1.165, 1.54) is 0 Å². The van der Waals surface area contributed by atoms with Gasteiger partial charge in [-0.05, 0) is 30.7 Å². The highest BCUT2D eigenvalue weighted by molar-refractivity contribution is 5.63. The predicted molar refractivity (Wildman–Crippen MR) is 86.8 cm³/mol. The van der Waals surface area contributed by atoms with E-state index < -0.39 is 12.2 Å². The molecule has 0 aliphatic carbocycles. The second-order valence-electron chi connectivity index (χ2n) is 6.27. The summed E-state index contributed by atoms with van der Waals surface area (Å²) in [4.78, 5) is 0. The Labute approximate surface area is 139 Å². The minimum Gasteiger partial charge on any atom is -0.508 e. The number of phenols is 2. The van der Waals surface area contributed by atoms with Crippen molar-refractivity contribution in [2.75, 3.05) is 13.6 Å². The number of aromatic hydroxyl groups is 2. The second-order valence-corrected chi connectivity index (χ2v) is 6.27. The molecule has 3 N–H and O–H groups in total. The lowest BCUT2D eigenvalue weighted by Gasteiger charge is -2.35. The molecule has 0 radical (unpaired) electrons. The highest BCUT2D eigenvalue weighted by Crippen LogP contribution is 2.51. The zero-order chi connectivity index (χ0) is 17.5. The van der Waals surface area contributed by atoms with Gasteiger partial charge in [-0.1, -0.05) is 13.8 Å². The summed E-state index contributed by atoms with van der Waals surface area (Å²) >= 11 is 0. The van der Waals surface area contributed by atoms with Crippen LogP contribution < -0.4 is 9.47 Å². The molecule has 0 amide bonds. The van der Waals surface area contributed by atoms with E-state index in [9.17, 15) is 10.2 Å². The van der Waals surface area contributed by atoms with Crippen molar-refractivity contribution in [3.05, 3.63) is 41.0 Å². The van der Waals surface area contributed by atoms with Crippen molar-refractivity contribution in [2.24, 2.45) is 0 Å². The molecule has 128 valence electrons. The highest BCUT2D eigenvalue weighted by atomic mass is 16.7. The summed E-state index contributed by atoms with van der Waals surface area (Å²) in [5.74, 6) is 1.59. The fourth-order valence-electron chi connectivity index (χ4n) is 2.89. The largest absolute Gasteiger partial charge is 0.508 e. The third-order valence-electron chi connectivity index (χ3n) is 4.31. The number of phenolic OH excluding ortho intramolecular Hbond substituents is 2. The van der Waals surface area contributed by atoms with Gasteiger partial charge in [0.1, 0.15) is 24.0 Å². The number of fused-ring (bicyclic) bond motifs is 2. The van der Waals surface area contributed by atoms with Crippen molar-refractivity contribution < 1.29 is 29.5 Å². The topological polar surface area (TPSA) is 88.4 Å². The minimum absolute atomic E-state index is 0.0493. The average Bonchev–Trinajstić information content (AvgIpc) is 2.52. The van der Waals surface area contributed by atoms with Crippen LogP contribution in [0.15, 0.2) is 24.3 Å². The van der Waals surface area contributed by atoms with Crippen molar-refractivity contribution >= 4 is 0 Å². The van der Waals surface area contributed by atoms with Crippen LogP contribution in [0.1, 0.15) is 30.5 Å². The molecule has 24 heavy (non-hydrogen) atoms. The van der Waals surface area contributed by atoms with Gasteiger partial charge in [0.2, 0.25) is 0 Å². The first-order valence-corrected chi connectivity index (χ1v) is 7.55. The summed E-state index contributed by atoms with van der Waals surface area (Å²) in [5.41, 5.74) is 1.88. The van der Waals surface area contributed by atoms with Crippen LogP contribution in [-0.2, 0) is 10.2 Å². The quantitative estimate of drug-likeness (QED) is 0.589. The molecular weight excluding hydrogens is 312 g/mol. The molecule has 0 saturated heterocycles. The Morgan fingerprint density at radius 3 is 2.29 bits per heavy atom. The molecule has 0 bridgehead atoms. The molecule has 6 nitrogen and oxygen atoms in total. The Morgan fingerprint density at radius 1 is 1.00 bits per heavy atom. The molecule has 0 atom stereocenters. The van der Waals surface area contributed by atoms with E-state index in [2.05, 4.69) is 0 Å². The third kappa shape index (κ3) is 2.64. The molecule has 3 rings (SSSR count). The Bertz CT molecular complexity index is 782. The maximum atomic E-state index is 10.2. The predicted octanol–water partition coefficient (Wildman–Crippen LogP) is 3.14. The van der Waals surface area contributed by atoms with Crippen LogP contribution in [-0.4, -0.2) is 28.9 Å². The van der Waals surface area contributed by atoms with Crippen LogP contribution >= 0.6 is 0 Å². The van der Waals surface area contributed by atoms with Gasteiger partial charge in [-0.3, -0.25) is 0 Å². The zero-order valence-corrected chi connectivity index (χ0v) is 13.8. The van der Waals surface area contributed by atoms with Gasteiger partial charge in [0, 0.05) is 22.6 Å². The fourth-order valence-corrected chi connectivity index (χ4v) is 2.89. The van der Waals surface area contributed by atoms with Crippen molar-refractivity contribution in [2.45, 2.75) is 26.2 Å². The first kappa shape index (κ1) is 16.4. The number of hydrogen-bond donors (Lipinski definition) is 3. The van der Waals surface area contributed by atoms with E-state index in [4.69, 9.17) is 19.3 Å². The van der Waals surface area contributed by atoms with E-state index in [1.807, 2.05) is 13.8 Å². The molecule has 1 aliphatic rings. The average molecular weight is 332 g/mol. The van der Waals surface area contributed by atoms with Crippen molar-refractivity contribution in [3.63, 3.8) is 0 Å². The van der Waals surface area contributed by atoms with Gasteiger partial charge in [0.05, 0.1) is 0 Å². The fraction of sp³-hybridized carbons (Fsp3) is 0.333. The molecule has 1 heterocycles. The lowest BCUT2D eigenvalue weighted by atomic mass is 9.75. The summed E-state index contributed by atoms with van der Waals surface area (Å²) in [5, 5.41) is 28.8. The van der Waals surface area contributed by atoms with Gasteiger partial charge in [0.15, 0.2) is 18.3 Å². The Morgan fingerprint density at radius 2 is 1.62 bits per heavy atom. The van der Waals surface area contributed by atoms with E-state index in [-0.39, 0.29) is 24.0 Å². The van der Waals surface area contributed by atoms with Crippen molar-refractivity contribution in [1.82, 2.24) is 0 Å². The SMILES string of the molecule is Cc1cc2c(cc1O)C(C)(C)c1cc(O)c(OCOCO)cc1O2. The van der Waals surface area contributed by atoms with Crippen LogP contribution in [0.4, 0.5) is 0 Å². The summed E-state index contributed by atoms with van der Waals surface area (Å²) < 4.78 is 16.0. The Balaban J connectivity index is 2.05. The molecule has 6 heteroatoms. The molecule has 0 aromatic heterocycles. The summed E-state index contributed by atoms with van der Waals surface area (Å²) in [6, 6.07) is 6.67. The smallest absolute Gasteiger partial charge is 0.191 e. The van der Waals surface area contributed by atoms with Crippen LogP contribution in [0.3, 0.4) is 0 Å². The van der Waals surface area contributed by atoms with Gasteiger partial charge in [-0.2, -0.15) is 0 Å². The summed E-state index contributed by atoms with van der Waals surface area (Å²) in [7, 11) is 0. The van der Waals surface area contributed by atoms with Gasteiger partial charge < -0.3 is 29.5 Å². The minimum atomic E-state index is -0.467. The number of benzene rings is 2. The molecule has 0 fully saturated rings. The van der Waals surface area contributed by atoms with Crippen molar-refractivity contribution in [1.29, 1.82) is 0 Å². The van der Waals surface area contributed by atoms with Crippen LogP contribution in [0, 0.1) is 6.92 Å². The van der Waals surface area contributed by atoms with E-state index in [0.29, 0.717) is 11.5 Å². The summed E-state index contributed by atoms with van der Waals surface area (Å²) in [6.45, 7) is 5.15. The lowest BCUT2D eigenvalue weighted by Crippen LogP contribution is -2.24. The van der Waals surface area contributed by atoms with Crippen LogP contribution in [0.2, 0.25) is 0 Å². The second kappa shape index (κ2) is 5.89. The molecule has 0 spiro atoms. The first-order valence-electron chi connectivity index (χ1n) is 7.55. The van der Waals surface area contributed by atoms with Crippen LogP contribution in [0.5, 0.6) is 28.7 Å².